The fourth-order valence-corrected chi connectivity index (χ4v) is 10.8. The first kappa shape index (κ1) is 42.6. The number of aliphatic carboxylic acids is 2. The molecule has 11 heteroatoms. The molecule has 0 radical (unpaired) electrons. The zero-order valence-corrected chi connectivity index (χ0v) is 36.0. The summed E-state index contributed by atoms with van der Waals surface area (Å²) in [6, 6.07) is 24.0. The average Bonchev–Trinajstić information content (AvgIpc) is 3.95. The van der Waals surface area contributed by atoms with E-state index in [2.05, 4.69) is 41.6 Å². The molecule has 4 aromatic rings. The van der Waals surface area contributed by atoms with Crippen LogP contribution in [0.4, 0.5) is 5.69 Å². The lowest BCUT2D eigenvalue weighted by atomic mass is 9.59. The van der Waals surface area contributed by atoms with Crippen molar-refractivity contribution < 1.29 is 34.1 Å². The van der Waals surface area contributed by atoms with E-state index in [9.17, 15) is 24.6 Å². The minimum atomic E-state index is -1.14. The van der Waals surface area contributed by atoms with Crippen LogP contribution in [0.25, 0.3) is 0 Å². The summed E-state index contributed by atoms with van der Waals surface area (Å²) in [7, 11) is 0. The van der Waals surface area contributed by atoms with Crippen LogP contribution in [0.5, 0.6) is 11.5 Å². The van der Waals surface area contributed by atoms with Crippen molar-refractivity contribution in [2.24, 2.45) is 17.3 Å². The second-order valence-corrected chi connectivity index (χ2v) is 19.1. The van der Waals surface area contributed by atoms with E-state index < -0.39 is 23.5 Å². The van der Waals surface area contributed by atoms with Crippen molar-refractivity contribution in [2.45, 2.75) is 120 Å². The summed E-state index contributed by atoms with van der Waals surface area (Å²) >= 11 is 6.32. The Balaban J connectivity index is 0.982. The molecule has 0 unspecified atom stereocenters. The van der Waals surface area contributed by atoms with E-state index in [-0.39, 0.29) is 41.4 Å². The predicted octanol–water partition coefficient (Wildman–Crippen LogP) is 9.56. The highest BCUT2D eigenvalue weighted by molar-refractivity contribution is 6.30. The highest BCUT2D eigenvalue weighted by atomic mass is 35.5. The van der Waals surface area contributed by atoms with Gasteiger partial charge in [0, 0.05) is 46.4 Å². The quantitative estimate of drug-likeness (QED) is 0.0816. The highest BCUT2D eigenvalue weighted by Crippen LogP contribution is 2.57. The normalized spacial score (nSPS) is 24.4. The molecule has 1 amide bonds. The topological polar surface area (TPSA) is 147 Å². The molecule has 4 atom stereocenters. The van der Waals surface area contributed by atoms with Crippen LogP contribution in [0.1, 0.15) is 112 Å². The molecular formula is C50H58ClN3O7. The number of rotatable bonds is 17. The zero-order valence-electron chi connectivity index (χ0n) is 35.3. The van der Waals surface area contributed by atoms with E-state index in [0.29, 0.717) is 55.5 Å². The summed E-state index contributed by atoms with van der Waals surface area (Å²) in [6.45, 7) is 5.47. The molecule has 0 bridgehead atoms. The van der Waals surface area contributed by atoms with Gasteiger partial charge in [-0.05, 0) is 147 Å². The van der Waals surface area contributed by atoms with Gasteiger partial charge in [0.25, 0.3) is 0 Å². The van der Waals surface area contributed by atoms with Gasteiger partial charge < -0.3 is 30.3 Å². The predicted molar refractivity (Wildman–Crippen MR) is 236 cm³/mol. The molecule has 2 fully saturated rings. The maximum Gasteiger partial charge on any atom is 0.329 e. The zero-order chi connectivity index (χ0) is 42.8. The Labute approximate surface area is 363 Å². The number of carbonyl (C=O) groups excluding carboxylic acids is 1. The number of carboxylic acid groups (broad SMARTS) is 2. The molecular weight excluding hydrogens is 790 g/mol. The molecule has 0 saturated heterocycles. The van der Waals surface area contributed by atoms with Crippen LogP contribution in [0.3, 0.4) is 0 Å². The summed E-state index contributed by atoms with van der Waals surface area (Å²) in [5.74, 6) is 0.424. The molecule has 0 aliphatic heterocycles. The Hall–Kier alpha value is -5.09. The summed E-state index contributed by atoms with van der Waals surface area (Å²) in [5.41, 5.74) is 4.71. The third-order valence-electron chi connectivity index (χ3n) is 14.2. The standard InChI is InChI=1S/C50H58ClN3O7/c1-32(30-60-43-16-23-52-41-13-6-8-33(2)45(41)43)24-36-26-35-14-15-39(61-31-48(17-18-48)29-44(55)53-42(46(56)57)25-34-9-4-3-5-10-34)28-40(35)49(36)19-21-50(22-20-49,47(58)59)54-38-12-7-11-37(51)27-38/h3-5,7,9-12,14-16,23,27-28,32-33,36,42,54H,6,8,13,17-22,24-26,29-31H2,1-2H3,(H,53,55)(H,56,57)(H,58,59)/t32-,33-,36+,42+,49?,50?/m1/s1. The number of hydrogen-bond donors (Lipinski definition) is 4. The number of nitrogens with one attached hydrogen (secondary N) is 2. The molecule has 10 nitrogen and oxygen atoms in total. The lowest BCUT2D eigenvalue weighted by Gasteiger charge is -2.47. The third kappa shape index (κ3) is 9.40. The Morgan fingerprint density at radius 1 is 0.934 bits per heavy atom. The number of benzene rings is 3. The van der Waals surface area contributed by atoms with Gasteiger partial charge in [0.15, 0.2) is 0 Å². The number of aryl methyl sites for hydroxylation is 1. The van der Waals surface area contributed by atoms with Gasteiger partial charge in [-0.2, -0.15) is 0 Å². The molecule has 1 spiro atoms. The lowest BCUT2D eigenvalue weighted by Crippen LogP contribution is -2.53. The monoisotopic (exact) mass is 847 g/mol. The van der Waals surface area contributed by atoms with Crippen LogP contribution in [-0.2, 0) is 39.1 Å². The Morgan fingerprint density at radius 3 is 2.44 bits per heavy atom. The highest BCUT2D eigenvalue weighted by Gasteiger charge is 2.54. The van der Waals surface area contributed by atoms with E-state index in [0.717, 1.165) is 67.7 Å². The van der Waals surface area contributed by atoms with Crippen molar-refractivity contribution >= 4 is 35.1 Å². The van der Waals surface area contributed by atoms with Gasteiger partial charge in [0.05, 0.1) is 13.2 Å². The maximum atomic E-state index is 13.2. The van der Waals surface area contributed by atoms with Gasteiger partial charge in [0.2, 0.25) is 5.91 Å². The van der Waals surface area contributed by atoms with E-state index in [1.807, 2.05) is 60.8 Å². The van der Waals surface area contributed by atoms with Gasteiger partial charge in [0.1, 0.15) is 23.1 Å². The molecule has 3 aromatic carbocycles. The molecule has 4 aliphatic carbocycles. The van der Waals surface area contributed by atoms with Crippen LogP contribution in [0, 0.1) is 17.3 Å². The van der Waals surface area contributed by atoms with Gasteiger partial charge >= 0.3 is 11.9 Å². The fraction of sp³-hybridized carbons (Fsp3) is 0.480. The molecule has 8 rings (SSSR count). The van der Waals surface area contributed by atoms with Crippen LogP contribution >= 0.6 is 11.6 Å². The number of halogens is 1. The summed E-state index contributed by atoms with van der Waals surface area (Å²) in [4.78, 5) is 43.1. The second-order valence-electron chi connectivity index (χ2n) is 18.6. The fourth-order valence-electron chi connectivity index (χ4n) is 10.6. The molecule has 1 aromatic heterocycles. The van der Waals surface area contributed by atoms with Crippen molar-refractivity contribution in [3.8, 4) is 11.5 Å². The number of ether oxygens (including phenoxy) is 2. The summed E-state index contributed by atoms with van der Waals surface area (Å²) in [5, 5.41) is 27.3. The molecule has 4 aliphatic rings. The first-order valence-corrected chi connectivity index (χ1v) is 22.4. The maximum absolute atomic E-state index is 13.2. The largest absolute Gasteiger partial charge is 0.493 e. The molecule has 322 valence electrons. The number of carbonyl (C=O) groups is 3. The molecule has 61 heavy (non-hydrogen) atoms. The summed E-state index contributed by atoms with van der Waals surface area (Å²) < 4.78 is 13.1. The number of pyridine rings is 1. The third-order valence-corrected chi connectivity index (χ3v) is 14.5. The van der Waals surface area contributed by atoms with Gasteiger partial charge in [-0.15, -0.1) is 0 Å². The van der Waals surface area contributed by atoms with Crippen LogP contribution in [0.15, 0.2) is 85.1 Å². The van der Waals surface area contributed by atoms with Crippen LogP contribution in [0.2, 0.25) is 5.02 Å². The SMILES string of the molecule is C[C@@H](COc1ccnc2c1[C@H](C)CCC2)C[C@H]1Cc2ccc(OCC3(CC(=O)N[C@@H](Cc4ccccc4)C(=O)O)CC3)cc2C12CCC(Nc1cccc(Cl)c1)(C(=O)O)CC2. The number of amides is 1. The van der Waals surface area contributed by atoms with Crippen LogP contribution in [-0.4, -0.2) is 57.8 Å². The van der Waals surface area contributed by atoms with E-state index >= 15 is 0 Å². The Kier molecular flexibility index (Phi) is 12.4. The van der Waals surface area contributed by atoms with Gasteiger partial charge in [-0.1, -0.05) is 67.9 Å². The number of aromatic nitrogens is 1. The van der Waals surface area contributed by atoms with Crippen molar-refractivity contribution in [1.82, 2.24) is 10.3 Å². The average molecular weight is 848 g/mol. The lowest BCUT2D eigenvalue weighted by molar-refractivity contribution is -0.144. The minimum Gasteiger partial charge on any atom is -0.493 e. The number of nitrogens with zero attached hydrogens (tertiary/aromatic N) is 1. The van der Waals surface area contributed by atoms with E-state index in [1.54, 1.807) is 12.1 Å². The van der Waals surface area contributed by atoms with Gasteiger partial charge in [-0.3, -0.25) is 9.78 Å². The minimum absolute atomic E-state index is 0.195. The number of hydrogen-bond acceptors (Lipinski definition) is 7. The van der Waals surface area contributed by atoms with Gasteiger partial charge in [-0.25, -0.2) is 9.59 Å². The molecule has 2 saturated carbocycles. The number of fused-ring (bicyclic) bond motifs is 3. The van der Waals surface area contributed by atoms with Crippen molar-refractivity contribution in [2.75, 3.05) is 18.5 Å². The Bertz CT molecular complexity index is 2240. The smallest absolute Gasteiger partial charge is 0.329 e. The second kappa shape index (κ2) is 17.7. The summed E-state index contributed by atoms with van der Waals surface area (Å²) in [6.07, 6.45) is 11.3. The first-order chi connectivity index (χ1) is 29.4. The van der Waals surface area contributed by atoms with E-state index in [4.69, 9.17) is 21.1 Å². The Morgan fingerprint density at radius 2 is 1.72 bits per heavy atom. The number of anilines is 1. The van der Waals surface area contributed by atoms with Crippen molar-refractivity contribution in [3.05, 3.63) is 118 Å². The van der Waals surface area contributed by atoms with Crippen molar-refractivity contribution in [3.63, 3.8) is 0 Å². The first-order valence-electron chi connectivity index (χ1n) is 22.1. The van der Waals surface area contributed by atoms with E-state index in [1.165, 1.54) is 16.7 Å². The molecule has 4 N–H and O–H groups in total. The molecule has 1 heterocycles. The number of carboxylic acids is 2. The van der Waals surface area contributed by atoms with Crippen molar-refractivity contribution in [1.29, 1.82) is 0 Å². The van der Waals surface area contributed by atoms with Crippen LogP contribution < -0.4 is 20.1 Å².